The van der Waals surface area contributed by atoms with Gasteiger partial charge in [0.15, 0.2) is 5.13 Å². The van der Waals surface area contributed by atoms with Crippen molar-refractivity contribution in [2.45, 2.75) is 13.8 Å². The van der Waals surface area contributed by atoms with Crippen LogP contribution in [-0.4, -0.2) is 17.5 Å². The summed E-state index contributed by atoms with van der Waals surface area (Å²) in [6.07, 6.45) is 0. The van der Waals surface area contributed by atoms with Crippen molar-refractivity contribution in [3.63, 3.8) is 0 Å². The molecule has 0 spiro atoms. The van der Waals surface area contributed by atoms with Crippen molar-refractivity contribution in [2.24, 2.45) is 5.92 Å². The van der Waals surface area contributed by atoms with Gasteiger partial charge in [-0.3, -0.25) is 4.79 Å². The topological polar surface area (TPSA) is 77.2 Å². The molecule has 6 heteroatoms. The number of anilines is 2. The van der Waals surface area contributed by atoms with Gasteiger partial charge in [-0.05, 0) is 30.2 Å². The van der Waals surface area contributed by atoms with Crippen molar-refractivity contribution in [1.29, 1.82) is 0 Å². The number of nitrogens with two attached hydrogens (primary N) is 1. The van der Waals surface area contributed by atoms with Gasteiger partial charge in [-0.1, -0.05) is 55.5 Å². The molecule has 0 aliphatic heterocycles. The van der Waals surface area contributed by atoms with Crippen LogP contribution in [0.1, 0.15) is 23.5 Å². The minimum absolute atomic E-state index is 0.228. The summed E-state index contributed by atoms with van der Waals surface area (Å²) in [5, 5.41) is 3.26. The number of ether oxygens (including phenoxy) is 1. The van der Waals surface area contributed by atoms with E-state index >= 15 is 0 Å². The minimum Gasteiger partial charge on any atom is -0.493 e. The van der Waals surface area contributed by atoms with E-state index in [-0.39, 0.29) is 5.91 Å². The van der Waals surface area contributed by atoms with Crippen LogP contribution in [-0.2, 0) is 0 Å². The number of carbonyl (C=O) groups excluding carboxylic acids is 1. The first-order valence-corrected chi connectivity index (χ1v) is 9.20. The number of nitrogens with one attached hydrogen (secondary N) is 1. The van der Waals surface area contributed by atoms with E-state index in [1.54, 1.807) is 0 Å². The molecule has 0 saturated heterocycles. The highest BCUT2D eigenvalue weighted by atomic mass is 32.1. The molecule has 0 radical (unpaired) electrons. The SMILES string of the molecule is CC(C)COc1ccc(NC(=O)c2sc(N)nc2-c2ccccc2)cc1. The fourth-order valence-corrected chi connectivity index (χ4v) is 3.12. The van der Waals surface area contributed by atoms with E-state index in [1.807, 2.05) is 54.6 Å². The van der Waals surface area contributed by atoms with Gasteiger partial charge in [0.05, 0.1) is 12.3 Å². The summed E-state index contributed by atoms with van der Waals surface area (Å²) >= 11 is 1.18. The van der Waals surface area contributed by atoms with Crippen LogP contribution in [0, 0.1) is 5.92 Å². The number of rotatable bonds is 6. The van der Waals surface area contributed by atoms with E-state index in [4.69, 9.17) is 10.5 Å². The molecule has 0 saturated carbocycles. The molecule has 0 aliphatic rings. The molecular formula is C20H21N3O2S. The molecule has 1 heterocycles. The van der Waals surface area contributed by atoms with Crippen molar-refractivity contribution >= 4 is 28.1 Å². The number of thiazole rings is 1. The van der Waals surface area contributed by atoms with Crippen LogP contribution in [0.3, 0.4) is 0 Å². The molecular weight excluding hydrogens is 346 g/mol. The molecule has 1 amide bonds. The Kier molecular flexibility index (Phi) is 5.53. The molecule has 3 aromatic rings. The number of benzene rings is 2. The van der Waals surface area contributed by atoms with Crippen molar-refractivity contribution in [3.8, 4) is 17.0 Å². The quantitative estimate of drug-likeness (QED) is 0.663. The largest absolute Gasteiger partial charge is 0.493 e. The summed E-state index contributed by atoms with van der Waals surface area (Å²) < 4.78 is 5.66. The molecule has 3 N–H and O–H groups in total. The van der Waals surface area contributed by atoms with E-state index in [0.717, 1.165) is 11.3 Å². The lowest BCUT2D eigenvalue weighted by atomic mass is 10.1. The molecule has 1 aromatic heterocycles. The number of aromatic nitrogens is 1. The van der Waals surface area contributed by atoms with Gasteiger partial charge in [0, 0.05) is 11.3 Å². The summed E-state index contributed by atoms with van der Waals surface area (Å²) in [6, 6.07) is 16.9. The number of nitrogen functional groups attached to an aromatic ring is 1. The van der Waals surface area contributed by atoms with Gasteiger partial charge >= 0.3 is 0 Å². The van der Waals surface area contributed by atoms with Gasteiger partial charge in [-0.25, -0.2) is 4.98 Å². The van der Waals surface area contributed by atoms with Gasteiger partial charge in [-0.15, -0.1) is 0 Å². The first kappa shape index (κ1) is 17.9. The predicted molar refractivity (Wildman–Crippen MR) is 107 cm³/mol. The lowest BCUT2D eigenvalue weighted by molar-refractivity contribution is 0.103. The van der Waals surface area contributed by atoms with Crippen LogP contribution >= 0.6 is 11.3 Å². The first-order chi connectivity index (χ1) is 12.5. The second-order valence-corrected chi connectivity index (χ2v) is 7.31. The second kappa shape index (κ2) is 8.01. The number of carbonyl (C=O) groups is 1. The van der Waals surface area contributed by atoms with Crippen molar-refractivity contribution < 1.29 is 9.53 Å². The van der Waals surface area contributed by atoms with Gasteiger partial charge in [0.2, 0.25) is 0 Å². The summed E-state index contributed by atoms with van der Waals surface area (Å²) in [6.45, 7) is 4.85. The highest BCUT2D eigenvalue weighted by Crippen LogP contribution is 2.30. The smallest absolute Gasteiger partial charge is 0.268 e. The van der Waals surface area contributed by atoms with E-state index in [0.29, 0.717) is 33.9 Å². The Bertz CT molecular complexity index is 874. The molecule has 0 unspecified atom stereocenters. The minimum atomic E-state index is -0.228. The summed E-state index contributed by atoms with van der Waals surface area (Å²) in [7, 11) is 0. The summed E-state index contributed by atoms with van der Waals surface area (Å²) in [5.74, 6) is 1.01. The highest BCUT2D eigenvalue weighted by Gasteiger charge is 2.18. The van der Waals surface area contributed by atoms with Crippen molar-refractivity contribution in [3.05, 3.63) is 59.5 Å². The van der Waals surface area contributed by atoms with Crippen LogP contribution in [0.5, 0.6) is 5.75 Å². The van der Waals surface area contributed by atoms with Gasteiger partial charge in [-0.2, -0.15) is 0 Å². The van der Waals surface area contributed by atoms with Gasteiger partial charge in [0.1, 0.15) is 10.6 Å². The zero-order valence-corrected chi connectivity index (χ0v) is 15.5. The van der Waals surface area contributed by atoms with E-state index in [2.05, 4.69) is 24.1 Å². The Morgan fingerprint density at radius 1 is 1.15 bits per heavy atom. The molecule has 2 aromatic carbocycles. The molecule has 26 heavy (non-hydrogen) atoms. The number of hydrogen-bond donors (Lipinski definition) is 2. The maximum absolute atomic E-state index is 12.7. The van der Waals surface area contributed by atoms with Crippen LogP contribution < -0.4 is 15.8 Å². The standard InChI is InChI=1S/C20H21N3O2S/c1-13(2)12-25-16-10-8-15(9-11-16)22-19(24)18-17(23-20(21)26-18)14-6-4-3-5-7-14/h3-11,13H,12H2,1-2H3,(H2,21,23)(H,22,24). The van der Waals surface area contributed by atoms with E-state index in [1.165, 1.54) is 11.3 Å². The normalized spacial score (nSPS) is 10.7. The zero-order chi connectivity index (χ0) is 18.5. The Morgan fingerprint density at radius 3 is 2.50 bits per heavy atom. The monoisotopic (exact) mass is 367 g/mol. The average Bonchev–Trinajstić information content (AvgIpc) is 3.04. The van der Waals surface area contributed by atoms with Crippen LogP contribution in [0.15, 0.2) is 54.6 Å². The fourth-order valence-electron chi connectivity index (χ4n) is 2.37. The Balaban J connectivity index is 1.75. The zero-order valence-electron chi connectivity index (χ0n) is 14.7. The lowest BCUT2D eigenvalue weighted by Gasteiger charge is -2.10. The Hall–Kier alpha value is -2.86. The third-order valence-corrected chi connectivity index (χ3v) is 4.48. The fraction of sp³-hybridized carbons (Fsp3) is 0.200. The molecule has 0 fully saturated rings. The Morgan fingerprint density at radius 2 is 1.85 bits per heavy atom. The molecule has 0 aliphatic carbocycles. The van der Waals surface area contributed by atoms with E-state index < -0.39 is 0 Å². The summed E-state index contributed by atoms with van der Waals surface area (Å²) in [4.78, 5) is 17.5. The highest BCUT2D eigenvalue weighted by molar-refractivity contribution is 7.17. The number of nitrogens with zero attached hydrogens (tertiary/aromatic N) is 1. The first-order valence-electron chi connectivity index (χ1n) is 8.39. The number of hydrogen-bond acceptors (Lipinski definition) is 5. The number of amides is 1. The lowest BCUT2D eigenvalue weighted by Crippen LogP contribution is -2.11. The van der Waals surface area contributed by atoms with Gasteiger partial charge in [0.25, 0.3) is 5.91 Å². The predicted octanol–water partition coefficient (Wildman–Crippen LogP) is 4.68. The Labute approximate surface area is 156 Å². The molecule has 0 atom stereocenters. The maximum Gasteiger partial charge on any atom is 0.268 e. The van der Waals surface area contributed by atoms with Crippen LogP contribution in [0.4, 0.5) is 10.8 Å². The van der Waals surface area contributed by atoms with E-state index in [9.17, 15) is 4.79 Å². The van der Waals surface area contributed by atoms with Crippen molar-refractivity contribution in [1.82, 2.24) is 4.98 Å². The third kappa shape index (κ3) is 4.40. The summed E-state index contributed by atoms with van der Waals surface area (Å²) in [5.41, 5.74) is 7.99. The molecule has 5 nitrogen and oxygen atoms in total. The van der Waals surface area contributed by atoms with Gasteiger partial charge < -0.3 is 15.8 Å². The second-order valence-electron chi connectivity index (χ2n) is 6.28. The maximum atomic E-state index is 12.7. The third-order valence-electron chi connectivity index (χ3n) is 3.59. The molecule has 134 valence electrons. The molecule has 0 bridgehead atoms. The van der Waals surface area contributed by atoms with Crippen LogP contribution in [0.2, 0.25) is 0 Å². The average molecular weight is 367 g/mol. The van der Waals surface area contributed by atoms with Crippen molar-refractivity contribution in [2.75, 3.05) is 17.7 Å². The van der Waals surface area contributed by atoms with Crippen LogP contribution in [0.25, 0.3) is 11.3 Å². The molecule has 3 rings (SSSR count).